The highest BCUT2D eigenvalue weighted by Crippen LogP contribution is 2.24. The van der Waals surface area contributed by atoms with Crippen molar-refractivity contribution in [1.29, 1.82) is 0 Å². The molecule has 1 saturated heterocycles. The molecule has 2 rings (SSSR count). The highest BCUT2D eigenvalue weighted by atomic mass is 16.5. The molecular formula is C14H22N2O. The SMILES string of the molecule is CCNC(Cc1ccncc1)C1COC(C)C1. The maximum Gasteiger partial charge on any atom is 0.0551 e. The fourth-order valence-corrected chi connectivity index (χ4v) is 2.57. The molecule has 3 atom stereocenters. The van der Waals surface area contributed by atoms with Crippen LogP contribution in [0.5, 0.6) is 0 Å². The largest absolute Gasteiger partial charge is 0.378 e. The summed E-state index contributed by atoms with van der Waals surface area (Å²) < 4.78 is 5.68. The molecule has 1 aromatic heterocycles. The van der Waals surface area contributed by atoms with Crippen molar-refractivity contribution in [3.63, 3.8) is 0 Å². The zero-order chi connectivity index (χ0) is 12.1. The van der Waals surface area contributed by atoms with Gasteiger partial charge in [0.1, 0.15) is 0 Å². The Morgan fingerprint density at radius 1 is 1.47 bits per heavy atom. The first kappa shape index (κ1) is 12.5. The zero-order valence-electron chi connectivity index (χ0n) is 10.7. The van der Waals surface area contributed by atoms with E-state index >= 15 is 0 Å². The molecule has 0 amide bonds. The average molecular weight is 234 g/mol. The van der Waals surface area contributed by atoms with Crippen molar-refractivity contribution >= 4 is 0 Å². The molecule has 3 unspecified atom stereocenters. The van der Waals surface area contributed by atoms with Crippen LogP contribution >= 0.6 is 0 Å². The summed E-state index contributed by atoms with van der Waals surface area (Å²) in [6.45, 7) is 6.23. The van der Waals surface area contributed by atoms with Gasteiger partial charge in [-0.1, -0.05) is 6.92 Å². The Hall–Kier alpha value is -0.930. The molecular weight excluding hydrogens is 212 g/mol. The monoisotopic (exact) mass is 234 g/mol. The molecule has 2 heterocycles. The molecule has 0 radical (unpaired) electrons. The number of hydrogen-bond donors (Lipinski definition) is 1. The number of aromatic nitrogens is 1. The van der Waals surface area contributed by atoms with Crippen LogP contribution in [0.25, 0.3) is 0 Å². The molecule has 0 saturated carbocycles. The summed E-state index contributed by atoms with van der Waals surface area (Å²) >= 11 is 0. The lowest BCUT2D eigenvalue weighted by Gasteiger charge is -2.23. The molecule has 0 spiro atoms. The summed E-state index contributed by atoms with van der Waals surface area (Å²) in [6, 6.07) is 4.72. The third kappa shape index (κ3) is 3.51. The quantitative estimate of drug-likeness (QED) is 0.846. The molecule has 1 aliphatic rings. The second kappa shape index (κ2) is 6.12. The van der Waals surface area contributed by atoms with Crippen molar-refractivity contribution in [3.8, 4) is 0 Å². The predicted octanol–water partition coefficient (Wildman–Crippen LogP) is 2.03. The summed E-state index contributed by atoms with van der Waals surface area (Å²) in [6.07, 6.45) is 6.39. The fraction of sp³-hybridized carbons (Fsp3) is 0.643. The number of rotatable bonds is 5. The van der Waals surface area contributed by atoms with Gasteiger partial charge in [0, 0.05) is 24.4 Å². The maximum atomic E-state index is 5.68. The average Bonchev–Trinajstić information content (AvgIpc) is 2.77. The van der Waals surface area contributed by atoms with E-state index in [-0.39, 0.29) is 0 Å². The van der Waals surface area contributed by atoms with Crippen LogP contribution in [0.2, 0.25) is 0 Å². The van der Waals surface area contributed by atoms with Crippen LogP contribution in [0.4, 0.5) is 0 Å². The summed E-state index contributed by atoms with van der Waals surface area (Å²) in [4.78, 5) is 4.06. The minimum Gasteiger partial charge on any atom is -0.378 e. The van der Waals surface area contributed by atoms with Crippen LogP contribution < -0.4 is 5.32 Å². The second-order valence-corrected chi connectivity index (χ2v) is 4.86. The molecule has 3 heteroatoms. The Labute approximate surface area is 104 Å². The first-order valence-electron chi connectivity index (χ1n) is 6.53. The van der Waals surface area contributed by atoms with E-state index in [1.807, 2.05) is 12.4 Å². The number of ether oxygens (including phenoxy) is 1. The number of nitrogens with one attached hydrogen (secondary N) is 1. The maximum absolute atomic E-state index is 5.68. The molecule has 17 heavy (non-hydrogen) atoms. The van der Waals surface area contributed by atoms with Crippen molar-refractivity contribution in [2.45, 2.75) is 38.8 Å². The van der Waals surface area contributed by atoms with E-state index in [4.69, 9.17) is 4.74 Å². The summed E-state index contributed by atoms with van der Waals surface area (Å²) in [5.74, 6) is 0.637. The van der Waals surface area contributed by atoms with Gasteiger partial charge in [0.25, 0.3) is 0 Å². The lowest BCUT2D eigenvalue weighted by atomic mass is 9.92. The van der Waals surface area contributed by atoms with Crippen LogP contribution in [0, 0.1) is 5.92 Å². The van der Waals surface area contributed by atoms with Crippen molar-refractivity contribution in [1.82, 2.24) is 10.3 Å². The first-order valence-corrected chi connectivity index (χ1v) is 6.53. The molecule has 1 aliphatic heterocycles. The molecule has 1 aromatic rings. The normalized spacial score (nSPS) is 26.0. The summed E-state index contributed by atoms with van der Waals surface area (Å²) in [5, 5.41) is 3.59. The van der Waals surface area contributed by atoms with Gasteiger partial charge >= 0.3 is 0 Å². The molecule has 1 fully saturated rings. The summed E-state index contributed by atoms with van der Waals surface area (Å²) in [5.41, 5.74) is 1.35. The van der Waals surface area contributed by atoms with Crippen LogP contribution in [-0.2, 0) is 11.2 Å². The summed E-state index contributed by atoms with van der Waals surface area (Å²) in [7, 11) is 0. The number of hydrogen-bond acceptors (Lipinski definition) is 3. The molecule has 0 bridgehead atoms. The standard InChI is InChI=1S/C14H22N2O/c1-3-16-14(13-8-11(2)17-10-13)9-12-4-6-15-7-5-12/h4-7,11,13-14,16H,3,8-10H2,1-2H3. The first-order chi connectivity index (χ1) is 8.29. The zero-order valence-corrected chi connectivity index (χ0v) is 10.7. The third-order valence-electron chi connectivity index (χ3n) is 3.47. The predicted molar refractivity (Wildman–Crippen MR) is 68.9 cm³/mol. The van der Waals surface area contributed by atoms with Crippen LogP contribution in [0.15, 0.2) is 24.5 Å². The Morgan fingerprint density at radius 2 is 2.24 bits per heavy atom. The smallest absolute Gasteiger partial charge is 0.0551 e. The van der Waals surface area contributed by atoms with Crippen LogP contribution in [0.1, 0.15) is 25.8 Å². The topological polar surface area (TPSA) is 34.2 Å². The highest BCUT2D eigenvalue weighted by Gasteiger charge is 2.29. The number of likely N-dealkylation sites (N-methyl/N-ethyl adjacent to an activating group) is 1. The van der Waals surface area contributed by atoms with E-state index in [9.17, 15) is 0 Å². The van der Waals surface area contributed by atoms with Gasteiger partial charge in [0.05, 0.1) is 12.7 Å². The van der Waals surface area contributed by atoms with Gasteiger partial charge in [-0.2, -0.15) is 0 Å². The van der Waals surface area contributed by atoms with E-state index in [1.165, 1.54) is 12.0 Å². The van der Waals surface area contributed by atoms with Gasteiger partial charge in [0.2, 0.25) is 0 Å². The lowest BCUT2D eigenvalue weighted by Crippen LogP contribution is -2.38. The third-order valence-corrected chi connectivity index (χ3v) is 3.47. The van der Waals surface area contributed by atoms with Crippen molar-refractivity contribution in [2.24, 2.45) is 5.92 Å². The molecule has 0 aliphatic carbocycles. The minimum atomic E-state index is 0.415. The Morgan fingerprint density at radius 3 is 2.82 bits per heavy atom. The van der Waals surface area contributed by atoms with Gasteiger partial charge in [-0.3, -0.25) is 4.98 Å². The van der Waals surface area contributed by atoms with Crippen LogP contribution in [0.3, 0.4) is 0 Å². The van der Waals surface area contributed by atoms with E-state index in [0.717, 1.165) is 19.6 Å². The van der Waals surface area contributed by atoms with Gasteiger partial charge in [-0.15, -0.1) is 0 Å². The van der Waals surface area contributed by atoms with E-state index in [2.05, 4.69) is 36.3 Å². The highest BCUT2D eigenvalue weighted by molar-refractivity contribution is 5.12. The van der Waals surface area contributed by atoms with Crippen molar-refractivity contribution in [3.05, 3.63) is 30.1 Å². The van der Waals surface area contributed by atoms with Crippen molar-refractivity contribution < 1.29 is 4.74 Å². The Bertz CT molecular complexity index is 328. The van der Waals surface area contributed by atoms with Gasteiger partial charge in [-0.05, 0) is 44.0 Å². The number of nitrogens with zero attached hydrogens (tertiary/aromatic N) is 1. The van der Waals surface area contributed by atoms with Gasteiger partial charge in [-0.25, -0.2) is 0 Å². The van der Waals surface area contributed by atoms with Crippen molar-refractivity contribution in [2.75, 3.05) is 13.2 Å². The minimum absolute atomic E-state index is 0.415. The van der Waals surface area contributed by atoms with Crippen LogP contribution in [-0.4, -0.2) is 30.3 Å². The molecule has 94 valence electrons. The van der Waals surface area contributed by atoms with E-state index < -0.39 is 0 Å². The number of pyridine rings is 1. The fourth-order valence-electron chi connectivity index (χ4n) is 2.57. The molecule has 0 aromatic carbocycles. The molecule has 1 N–H and O–H groups in total. The van der Waals surface area contributed by atoms with E-state index in [0.29, 0.717) is 18.1 Å². The Balaban J connectivity index is 1.97. The van der Waals surface area contributed by atoms with E-state index in [1.54, 1.807) is 0 Å². The molecule has 3 nitrogen and oxygen atoms in total. The van der Waals surface area contributed by atoms with Gasteiger partial charge < -0.3 is 10.1 Å². The Kier molecular flexibility index (Phi) is 4.51. The van der Waals surface area contributed by atoms with Gasteiger partial charge in [0.15, 0.2) is 0 Å². The second-order valence-electron chi connectivity index (χ2n) is 4.86. The lowest BCUT2D eigenvalue weighted by molar-refractivity contribution is 0.117.